The van der Waals surface area contributed by atoms with Crippen molar-refractivity contribution in [3.63, 3.8) is 0 Å². The van der Waals surface area contributed by atoms with Crippen molar-refractivity contribution in [2.24, 2.45) is 0 Å². The number of carbonyl (C=O) groups is 3. The van der Waals surface area contributed by atoms with Gasteiger partial charge in [-0.15, -0.1) is 0 Å². The number of Topliss-reactive ketones (excluding diaryl/α,β-unsaturated/α-hetero) is 2. The molecule has 7 nitrogen and oxygen atoms in total. The molecule has 9 heteroatoms. The van der Waals surface area contributed by atoms with Gasteiger partial charge in [0.2, 0.25) is 5.78 Å². The topological polar surface area (TPSA) is 101 Å². The molecule has 2 aromatic carbocycles. The number of aryl methyl sites for hydroxylation is 1. The number of ketones is 2. The number of aromatic nitrogens is 1. The lowest BCUT2D eigenvalue weighted by Crippen LogP contribution is -2.31. The fraction of sp³-hybridized carbons (Fsp3) is 0.120. The first-order valence-electron chi connectivity index (χ1n) is 10.3. The number of anilines is 1. The summed E-state index contributed by atoms with van der Waals surface area (Å²) in [5, 5.41) is 11.9. The molecule has 0 saturated carbocycles. The highest BCUT2D eigenvalue weighted by Gasteiger charge is 2.46. The molecule has 170 valence electrons. The highest BCUT2D eigenvalue weighted by molar-refractivity contribution is 9.10. The van der Waals surface area contributed by atoms with Gasteiger partial charge in [-0.1, -0.05) is 57.6 Å². The Balaban J connectivity index is 1.68. The van der Waals surface area contributed by atoms with Gasteiger partial charge in [0, 0.05) is 16.8 Å². The summed E-state index contributed by atoms with van der Waals surface area (Å²) in [5.41, 5.74) is 1.47. The van der Waals surface area contributed by atoms with E-state index in [0.29, 0.717) is 21.7 Å². The van der Waals surface area contributed by atoms with Gasteiger partial charge in [-0.2, -0.15) is 0 Å². The molecule has 0 spiro atoms. The number of thiazole rings is 1. The van der Waals surface area contributed by atoms with E-state index in [9.17, 15) is 19.5 Å². The van der Waals surface area contributed by atoms with Crippen molar-refractivity contribution in [2.75, 3.05) is 4.90 Å². The Morgan fingerprint density at radius 3 is 2.59 bits per heavy atom. The van der Waals surface area contributed by atoms with Gasteiger partial charge in [0.15, 0.2) is 22.4 Å². The van der Waals surface area contributed by atoms with Gasteiger partial charge < -0.3 is 9.52 Å². The Morgan fingerprint density at radius 2 is 1.91 bits per heavy atom. The lowest BCUT2D eigenvalue weighted by molar-refractivity contribution is -0.117. The summed E-state index contributed by atoms with van der Waals surface area (Å²) in [6.07, 6.45) is 0. The fourth-order valence-corrected chi connectivity index (χ4v) is 5.47. The number of aliphatic hydroxyl groups excluding tert-OH is 1. The van der Waals surface area contributed by atoms with Gasteiger partial charge in [-0.05, 0) is 36.8 Å². The molecule has 1 aliphatic rings. The normalized spacial score (nSPS) is 16.0. The molecule has 34 heavy (non-hydrogen) atoms. The van der Waals surface area contributed by atoms with Crippen molar-refractivity contribution in [1.82, 2.24) is 4.98 Å². The van der Waals surface area contributed by atoms with E-state index in [1.165, 1.54) is 11.8 Å². The van der Waals surface area contributed by atoms with Gasteiger partial charge in [-0.25, -0.2) is 4.98 Å². The van der Waals surface area contributed by atoms with E-state index in [4.69, 9.17) is 4.42 Å². The van der Waals surface area contributed by atoms with Crippen molar-refractivity contribution in [2.45, 2.75) is 19.9 Å². The zero-order valence-corrected chi connectivity index (χ0v) is 20.4. The third kappa shape index (κ3) is 3.57. The Hall–Kier alpha value is -3.56. The molecule has 0 saturated heterocycles. The first kappa shape index (κ1) is 22.2. The van der Waals surface area contributed by atoms with Crippen LogP contribution in [0.1, 0.15) is 44.4 Å². The SMILES string of the molecule is CC(=O)c1sc(N2C(=O)C(O)=C(C(=O)c3cc4ccccc4o3)[C@@H]2c2cccc(Br)c2)nc1C. The van der Waals surface area contributed by atoms with Crippen molar-refractivity contribution in [1.29, 1.82) is 0 Å². The maximum absolute atomic E-state index is 13.6. The molecule has 1 amide bonds. The van der Waals surface area contributed by atoms with Crippen LogP contribution in [0.3, 0.4) is 0 Å². The van der Waals surface area contributed by atoms with E-state index in [-0.39, 0.29) is 22.2 Å². The van der Waals surface area contributed by atoms with E-state index < -0.39 is 23.5 Å². The lowest BCUT2D eigenvalue weighted by Gasteiger charge is -2.24. The number of aliphatic hydroxyl groups is 1. The molecular formula is C25H17BrN2O5S. The average molecular weight is 537 g/mol. The molecule has 0 aliphatic carbocycles. The molecule has 1 N–H and O–H groups in total. The number of para-hydroxylation sites is 1. The molecular weight excluding hydrogens is 520 g/mol. The lowest BCUT2D eigenvalue weighted by atomic mass is 9.95. The quantitative estimate of drug-likeness (QED) is 0.316. The third-order valence-electron chi connectivity index (χ3n) is 5.58. The Kier molecular flexibility index (Phi) is 5.45. The van der Waals surface area contributed by atoms with E-state index in [1.54, 1.807) is 43.3 Å². The summed E-state index contributed by atoms with van der Waals surface area (Å²) in [6.45, 7) is 3.10. The van der Waals surface area contributed by atoms with Gasteiger partial charge in [0.1, 0.15) is 5.58 Å². The zero-order chi connectivity index (χ0) is 24.1. The van der Waals surface area contributed by atoms with Crippen molar-refractivity contribution in [3.8, 4) is 0 Å². The summed E-state index contributed by atoms with van der Waals surface area (Å²) in [6, 6.07) is 14.9. The number of nitrogens with zero attached hydrogens (tertiary/aromatic N) is 2. The van der Waals surface area contributed by atoms with Crippen LogP contribution in [0.4, 0.5) is 5.13 Å². The number of furan rings is 1. The van der Waals surface area contributed by atoms with Crippen molar-refractivity contribution in [3.05, 3.63) is 92.3 Å². The number of rotatable bonds is 5. The monoisotopic (exact) mass is 536 g/mol. The van der Waals surface area contributed by atoms with Gasteiger partial charge in [0.05, 0.1) is 22.2 Å². The minimum atomic E-state index is -0.962. The summed E-state index contributed by atoms with van der Waals surface area (Å²) in [5.74, 6) is -2.21. The maximum atomic E-state index is 13.6. The molecule has 5 rings (SSSR count). The predicted octanol–water partition coefficient (Wildman–Crippen LogP) is 5.95. The van der Waals surface area contributed by atoms with Crippen LogP contribution < -0.4 is 4.90 Å². The van der Waals surface area contributed by atoms with Gasteiger partial charge in [0.25, 0.3) is 5.91 Å². The van der Waals surface area contributed by atoms with Crippen molar-refractivity contribution >= 4 is 60.8 Å². The third-order valence-corrected chi connectivity index (χ3v) is 7.33. The Labute approximate surface area is 206 Å². The standard InChI is InChI=1S/C25H17BrN2O5S/c1-12-23(13(2)29)34-25(27-12)28-20(15-7-5-8-16(26)10-15)19(22(31)24(28)32)21(30)18-11-14-6-3-4-9-17(14)33-18/h3-11,20,31H,1-2H3/t20-/m0/s1. The highest BCUT2D eigenvalue weighted by Crippen LogP contribution is 2.44. The van der Waals surface area contributed by atoms with Crippen LogP contribution in [-0.4, -0.2) is 27.6 Å². The summed E-state index contributed by atoms with van der Waals surface area (Å²) in [4.78, 5) is 45.0. The van der Waals surface area contributed by atoms with Gasteiger partial charge in [-0.3, -0.25) is 19.3 Å². The van der Waals surface area contributed by atoms with Crippen LogP contribution in [0.5, 0.6) is 0 Å². The van der Waals surface area contributed by atoms with Crippen LogP contribution in [-0.2, 0) is 4.79 Å². The molecule has 2 aromatic heterocycles. The molecule has 0 unspecified atom stereocenters. The number of hydrogen-bond acceptors (Lipinski definition) is 7. The molecule has 1 atom stereocenters. The first-order chi connectivity index (χ1) is 16.3. The second kappa shape index (κ2) is 8.34. The minimum absolute atomic E-state index is 0.0112. The molecule has 3 heterocycles. The smallest absolute Gasteiger partial charge is 0.296 e. The zero-order valence-electron chi connectivity index (χ0n) is 18.0. The predicted molar refractivity (Wildman–Crippen MR) is 131 cm³/mol. The highest BCUT2D eigenvalue weighted by atomic mass is 79.9. The number of halogens is 1. The number of benzene rings is 2. The van der Waals surface area contributed by atoms with E-state index in [1.807, 2.05) is 18.2 Å². The maximum Gasteiger partial charge on any atom is 0.296 e. The van der Waals surface area contributed by atoms with E-state index in [2.05, 4.69) is 20.9 Å². The largest absolute Gasteiger partial charge is 0.503 e. The summed E-state index contributed by atoms with van der Waals surface area (Å²) in [7, 11) is 0. The molecule has 4 aromatic rings. The first-order valence-corrected chi connectivity index (χ1v) is 11.9. The van der Waals surface area contributed by atoms with E-state index in [0.717, 1.165) is 21.2 Å². The fourth-order valence-electron chi connectivity index (χ4n) is 4.06. The number of carbonyl (C=O) groups excluding carboxylic acids is 3. The molecule has 0 radical (unpaired) electrons. The van der Waals surface area contributed by atoms with Crippen LogP contribution in [0.15, 0.2) is 74.8 Å². The van der Waals surface area contributed by atoms with E-state index >= 15 is 0 Å². The number of hydrogen-bond donors (Lipinski definition) is 1. The van der Waals surface area contributed by atoms with Crippen LogP contribution >= 0.6 is 27.3 Å². The number of fused-ring (bicyclic) bond motifs is 1. The summed E-state index contributed by atoms with van der Waals surface area (Å²) >= 11 is 4.48. The minimum Gasteiger partial charge on any atom is -0.503 e. The van der Waals surface area contributed by atoms with Crippen LogP contribution in [0.2, 0.25) is 0 Å². The van der Waals surface area contributed by atoms with Gasteiger partial charge >= 0.3 is 0 Å². The second-order valence-electron chi connectivity index (χ2n) is 7.84. The van der Waals surface area contributed by atoms with Crippen LogP contribution in [0.25, 0.3) is 11.0 Å². The second-order valence-corrected chi connectivity index (χ2v) is 9.73. The van der Waals surface area contributed by atoms with Crippen LogP contribution in [0, 0.1) is 6.92 Å². The molecule has 0 fully saturated rings. The van der Waals surface area contributed by atoms with Crippen molar-refractivity contribution < 1.29 is 23.9 Å². The molecule has 0 bridgehead atoms. The number of amides is 1. The Bertz CT molecular complexity index is 1500. The Morgan fingerprint density at radius 1 is 1.15 bits per heavy atom. The molecule has 1 aliphatic heterocycles. The summed E-state index contributed by atoms with van der Waals surface area (Å²) < 4.78 is 6.47. The average Bonchev–Trinajstić information content (AvgIpc) is 3.47.